The van der Waals surface area contributed by atoms with Crippen molar-refractivity contribution in [1.29, 1.82) is 0 Å². The second kappa shape index (κ2) is 10.6. The fraction of sp³-hybridized carbons (Fsp3) is 0.522. The third-order valence-corrected chi connectivity index (χ3v) is 8.02. The zero-order valence-corrected chi connectivity index (χ0v) is 19.6. The van der Waals surface area contributed by atoms with Crippen LogP contribution in [0.3, 0.4) is 0 Å². The van der Waals surface area contributed by atoms with Gasteiger partial charge in [-0.05, 0) is 37.9 Å². The maximum atomic E-state index is 12.9. The molecular weight excluding hydrogens is 428 g/mol. The van der Waals surface area contributed by atoms with E-state index in [1.54, 1.807) is 17.4 Å². The average Bonchev–Trinajstić information content (AvgIpc) is 3.18. The molecule has 4 rings (SSSR count). The molecule has 1 aromatic heterocycles. The first-order chi connectivity index (χ1) is 15.1. The van der Waals surface area contributed by atoms with E-state index in [-0.39, 0.29) is 11.8 Å². The molecule has 2 amide bonds. The maximum absolute atomic E-state index is 12.9. The Bertz CT molecular complexity index is 924. The summed E-state index contributed by atoms with van der Waals surface area (Å²) in [7, 11) is 2.10. The van der Waals surface area contributed by atoms with Gasteiger partial charge in [-0.3, -0.25) is 14.9 Å². The maximum Gasteiger partial charge on any atom is 0.258 e. The lowest BCUT2D eigenvalue weighted by Gasteiger charge is -2.21. The van der Waals surface area contributed by atoms with Crippen LogP contribution in [0.25, 0.3) is 0 Å². The molecule has 0 spiro atoms. The monoisotopic (exact) mass is 458 g/mol. The molecule has 0 saturated heterocycles. The van der Waals surface area contributed by atoms with Crippen molar-refractivity contribution in [2.75, 3.05) is 31.2 Å². The molecule has 1 aliphatic carbocycles. The Hall–Kier alpha value is -1.90. The lowest BCUT2D eigenvalue weighted by Crippen LogP contribution is -2.31. The molecule has 1 saturated carbocycles. The van der Waals surface area contributed by atoms with Gasteiger partial charge in [0.1, 0.15) is 0 Å². The Kier molecular flexibility index (Phi) is 7.63. The summed E-state index contributed by atoms with van der Waals surface area (Å²) in [4.78, 5) is 34.2. The molecule has 0 atom stereocenters. The molecule has 166 valence electrons. The predicted octanol–water partition coefficient (Wildman–Crippen LogP) is 4.17. The number of aromatic nitrogens is 1. The van der Waals surface area contributed by atoms with Gasteiger partial charge in [0.05, 0.1) is 17.0 Å². The van der Waals surface area contributed by atoms with Gasteiger partial charge in [0.15, 0.2) is 5.13 Å². The molecule has 2 heterocycles. The fourth-order valence-corrected chi connectivity index (χ4v) is 6.13. The summed E-state index contributed by atoms with van der Waals surface area (Å²) in [5.74, 6) is 0.784. The highest BCUT2D eigenvalue weighted by Gasteiger charge is 2.21. The Morgan fingerprint density at radius 1 is 1.23 bits per heavy atom. The second-order valence-electron chi connectivity index (χ2n) is 8.42. The van der Waals surface area contributed by atoms with Crippen LogP contribution >= 0.6 is 23.1 Å². The van der Waals surface area contributed by atoms with Crippen molar-refractivity contribution in [3.8, 4) is 0 Å². The molecule has 1 aliphatic heterocycles. The SMILES string of the molecule is CN1CCc2nc(NC(=O)c3ccccc3SCC(=O)NCC3CCCCC3)sc2C1. The quantitative estimate of drug-likeness (QED) is 0.609. The first kappa shape index (κ1) is 22.3. The molecule has 6 nitrogen and oxygen atoms in total. The zero-order chi connectivity index (χ0) is 21.6. The van der Waals surface area contributed by atoms with Crippen molar-refractivity contribution in [2.24, 2.45) is 5.92 Å². The normalized spacial score (nSPS) is 17.2. The van der Waals surface area contributed by atoms with Gasteiger partial charge in [-0.25, -0.2) is 4.98 Å². The molecule has 2 aromatic rings. The molecule has 2 aliphatic rings. The third kappa shape index (κ3) is 6.08. The number of nitrogens with one attached hydrogen (secondary N) is 2. The van der Waals surface area contributed by atoms with Crippen LogP contribution in [-0.4, -0.2) is 47.6 Å². The Labute approximate surface area is 192 Å². The van der Waals surface area contributed by atoms with Crippen LogP contribution in [0.15, 0.2) is 29.2 Å². The number of hydrogen-bond donors (Lipinski definition) is 2. The fourth-order valence-electron chi connectivity index (χ4n) is 4.16. The number of likely N-dealkylation sites (N-methyl/N-ethyl adjacent to an activating group) is 1. The average molecular weight is 459 g/mol. The smallest absolute Gasteiger partial charge is 0.258 e. The predicted molar refractivity (Wildman–Crippen MR) is 127 cm³/mol. The van der Waals surface area contributed by atoms with E-state index in [1.807, 2.05) is 18.2 Å². The van der Waals surface area contributed by atoms with E-state index >= 15 is 0 Å². The Morgan fingerprint density at radius 2 is 2.03 bits per heavy atom. The standard InChI is InChI=1S/C23H30N4O2S2/c1-27-12-11-18-20(14-27)31-23(25-18)26-22(29)17-9-5-6-10-19(17)30-15-21(28)24-13-16-7-3-2-4-8-16/h5-6,9-10,16H,2-4,7-8,11-15H2,1H3,(H,24,28)(H,25,26,29). The number of thioether (sulfide) groups is 1. The first-order valence-corrected chi connectivity index (χ1v) is 12.9. The van der Waals surface area contributed by atoms with Gasteiger partial charge in [-0.1, -0.05) is 31.4 Å². The van der Waals surface area contributed by atoms with Gasteiger partial charge >= 0.3 is 0 Å². The van der Waals surface area contributed by atoms with Crippen molar-refractivity contribution in [1.82, 2.24) is 15.2 Å². The van der Waals surface area contributed by atoms with E-state index in [4.69, 9.17) is 0 Å². The Balaban J connectivity index is 1.32. The van der Waals surface area contributed by atoms with E-state index < -0.39 is 0 Å². The lowest BCUT2D eigenvalue weighted by molar-refractivity contribution is -0.118. The van der Waals surface area contributed by atoms with Gasteiger partial charge in [0.2, 0.25) is 5.91 Å². The molecule has 0 unspecified atom stereocenters. The summed E-state index contributed by atoms with van der Waals surface area (Å²) in [6, 6.07) is 7.45. The molecule has 0 radical (unpaired) electrons. The van der Waals surface area contributed by atoms with Crippen molar-refractivity contribution in [3.63, 3.8) is 0 Å². The van der Waals surface area contributed by atoms with Crippen LogP contribution in [-0.2, 0) is 17.8 Å². The molecule has 0 bridgehead atoms. The van der Waals surface area contributed by atoms with Gasteiger partial charge in [0, 0.05) is 35.8 Å². The minimum Gasteiger partial charge on any atom is -0.355 e. The van der Waals surface area contributed by atoms with E-state index in [2.05, 4.69) is 27.6 Å². The van der Waals surface area contributed by atoms with E-state index in [9.17, 15) is 9.59 Å². The zero-order valence-electron chi connectivity index (χ0n) is 18.0. The topological polar surface area (TPSA) is 74.3 Å². The van der Waals surface area contributed by atoms with Crippen LogP contribution in [0.5, 0.6) is 0 Å². The number of carbonyl (C=O) groups is 2. The first-order valence-electron chi connectivity index (χ1n) is 11.1. The number of nitrogens with zero attached hydrogens (tertiary/aromatic N) is 2. The van der Waals surface area contributed by atoms with Gasteiger partial charge < -0.3 is 10.2 Å². The number of fused-ring (bicyclic) bond motifs is 1. The van der Waals surface area contributed by atoms with Crippen LogP contribution in [0.2, 0.25) is 0 Å². The summed E-state index contributed by atoms with van der Waals surface area (Å²) in [6.45, 7) is 2.64. The van der Waals surface area contributed by atoms with E-state index in [1.165, 1.54) is 48.7 Å². The number of rotatable bonds is 7. The highest BCUT2D eigenvalue weighted by molar-refractivity contribution is 8.00. The third-order valence-electron chi connectivity index (χ3n) is 5.95. The molecule has 1 fully saturated rings. The van der Waals surface area contributed by atoms with Gasteiger partial charge in [-0.15, -0.1) is 23.1 Å². The molecule has 2 N–H and O–H groups in total. The van der Waals surface area contributed by atoms with Crippen LogP contribution in [0, 0.1) is 5.92 Å². The molecule has 1 aromatic carbocycles. The lowest BCUT2D eigenvalue weighted by atomic mass is 9.89. The van der Waals surface area contributed by atoms with Crippen molar-refractivity contribution in [3.05, 3.63) is 40.4 Å². The van der Waals surface area contributed by atoms with Crippen LogP contribution < -0.4 is 10.6 Å². The molecule has 31 heavy (non-hydrogen) atoms. The molecular formula is C23H30N4O2S2. The van der Waals surface area contributed by atoms with Crippen LogP contribution in [0.4, 0.5) is 5.13 Å². The van der Waals surface area contributed by atoms with Crippen molar-refractivity contribution < 1.29 is 9.59 Å². The summed E-state index contributed by atoms with van der Waals surface area (Å²) >= 11 is 2.96. The van der Waals surface area contributed by atoms with E-state index in [0.717, 1.165) is 36.6 Å². The van der Waals surface area contributed by atoms with Crippen LogP contribution in [0.1, 0.15) is 53.0 Å². The van der Waals surface area contributed by atoms with Crippen molar-refractivity contribution >= 4 is 40.0 Å². The highest BCUT2D eigenvalue weighted by atomic mass is 32.2. The van der Waals surface area contributed by atoms with Gasteiger partial charge in [-0.2, -0.15) is 0 Å². The number of hydrogen-bond acceptors (Lipinski definition) is 6. The van der Waals surface area contributed by atoms with Gasteiger partial charge in [0.25, 0.3) is 5.91 Å². The minimum absolute atomic E-state index is 0.0301. The number of amides is 2. The van der Waals surface area contributed by atoms with E-state index in [0.29, 0.717) is 22.4 Å². The molecule has 8 heteroatoms. The Morgan fingerprint density at radius 3 is 2.87 bits per heavy atom. The summed E-state index contributed by atoms with van der Waals surface area (Å²) in [6.07, 6.45) is 7.22. The second-order valence-corrected chi connectivity index (χ2v) is 10.5. The summed E-state index contributed by atoms with van der Waals surface area (Å²) in [5, 5.41) is 6.68. The van der Waals surface area contributed by atoms with Crippen molar-refractivity contribution in [2.45, 2.75) is 50.0 Å². The minimum atomic E-state index is -0.176. The number of benzene rings is 1. The number of carbonyl (C=O) groups excluding carboxylic acids is 2. The number of thiazole rings is 1. The summed E-state index contributed by atoms with van der Waals surface area (Å²) in [5.41, 5.74) is 1.67. The number of anilines is 1. The highest BCUT2D eigenvalue weighted by Crippen LogP contribution is 2.29. The largest absolute Gasteiger partial charge is 0.355 e. The summed E-state index contributed by atoms with van der Waals surface area (Å²) < 4.78 is 0.